The maximum absolute atomic E-state index is 11.9. The number of hydrogen-bond acceptors (Lipinski definition) is 4. The summed E-state index contributed by atoms with van der Waals surface area (Å²) in [6.45, 7) is 0.500. The number of carboxylic acids is 1. The van der Waals surface area contributed by atoms with E-state index in [1.807, 2.05) is 17.8 Å². The Hall–Kier alpha value is -2.41. The first kappa shape index (κ1) is 15.0. The van der Waals surface area contributed by atoms with Gasteiger partial charge in [0.1, 0.15) is 5.82 Å². The van der Waals surface area contributed by atoms with E-state index in [1.54, 1.807) is 17.6 Å². The molecule has 0 unspecified atom stereocenters. The van der Waals surface area contributed by atoms with Gasteiger partial charge in [-0.1, -0.05) is 0 Å². The number of hydrogen-bond donors (Lipinski definition) is 2. The normalized spacial score (nSPS) is 10.9. The zero-order valence-electron chi connectivity index (χ0n) is 11.4. The molecule has 0 bridgehead atoms. The van der Waals surface area contributed by atoms with Crippen LogP contribution in [-0.2, 0) is 18.3 Å². The smallest absolute Gasteiger partial charge is 0.328 e. The molecule has 0 saturated carbocycles. The molecule has 0 fully saturated rings. The number of carbonyl (C=O) groups excluding carboxylic acids is 1. The molecule has 0 saturated heterocycles. The molecular weight excluding hydrogens is 290 g/mol. The number of nitrogens with one attached hydrogen (secondary N) is 1. The Balaban J connectivity index is 1.86. The Morgan fingerprint density at radius 1 is 1.52 bits per heavy atom. The molecule has 0 spiro atoms. The molecule has 6 nitrogen and oxygen atoms in total. The van der Waals surface area contributed by atoms with Crippen molar-refractivity contribution in [1.82, 2.24) is 14.9 Å². The molecule has 2 N–H and O–H groups in total. The summed E-state index contributed by atoms with van der Waals surface area (Å²) < 4.78 is 1.91. The minimum absolute atomic E-state index is 0.171. The van der Waals surface area contributed by atoms with Crippen LogP contribution < -0.4 is 5.32 Å². The Labute approximate surface area is 125 Å². The highest BCUT2D eigenvalue weighted by Crippen LogP contribution is 2.16. The summed E-state index contributed by atoms with van der Waals surface area (Å²) in [6.07, 6.45) is 6.76. The van der Waals surface area contributed by atoms with Crippen LogP contribution in [0.4, 0.5) is 0 Å². The van der Waals surface area contributed by atoms with Gasteiger partial charge >= 0.3 is 5.97 Å². The summed E-state index contributed by atoms with van der Waals surface area (Å²) in [5, 5.41) is 13.1. The van der Waals surface area contributed by atoms with Crippen molar-refractivity contribution in [2.75, 3.05) is 6.54 Å². The highest BCUT2D eigenvalue weighted by Gasteiger charge is 2.08. The molecule has 7 heteroatoms. The van der Waals surface area contributed by atoms with Crippen LogP contribution in [0.2, 0.25) is 0 Å². The van der Waals surface area contributed by atoms with E-state index >= 15 is 0 Å². The number of carboxylic acid groups (broad SMARTS) is 1. The molecule has 2 heterocycles. The van der Waals surface area contributed by atoms with Gasteiger partial charge in [0, 0.05) is 48.7 Å². The van der Waals surface area contributed by atoms with Crippen LogP contribution in [0.1, 0.15) is 21.1 Å². The fraction of sp³-hybridized carbons (Fsp3) is 0.214. The van der Waals surface area contributed by atoms with Crippen LogP contribution in [-0.4, -0.2) is 33.1 Å². The largest absolute Gasteiger partial charge is 0.478 e. The number of imidazole rings is 1. The van der Waals surface area contributed by atoms with E-state index in [4.69, 9.17) is 5.11 Å². The number of aromatic nitrogens is 2. The summed E-state index contributed by atoms with van der Waals surface area (Å²) in [6, 6.07) is 1.67. The molecule has 1 amide bonds. The number of nitrogens with zero attached hydrogens (tertiary/aromatic N) is 2. The molecule has 0 radical (unpaired) electrons. The number of rotatable bonds is 6. The van der Waals surface area contributed by atoms with Crippen LogP contribution in [0.25, 0.3) is 6.08 Å². The predicted octanol–water partition coefficient (Wildman–Crippen LogP) is 1.55. The number of aliphatic carboxylic acids is 1. The number of amides is 1. The Morgan fingerprint density at radius 3 is 3.00 bits per heavy atom. The fourth-order valence-corrected chi connectivity index (χ4v) is 2.52. The Bertz CT molecular complexity index is 673. The van der Waals surface area contributed by atoms with Crippen molar-refractivity contribution in [2.24, 2.45) is 7.05 Å². The summed E-state index contributed by atoms with van der Waals surface area (Å²) in [5.74, 6) is -0.273. The second-order valence-corrected chi connectivity index (χ2v) is 5.31. The van der Waals surface area contributed by atoms with Crippen molar-refractivity contribution in [3.63, 3.8) is 0 Å². The Morgan fingerprint density at radius 2 is 2.33 bits per heavy atom. The van der Waals surface area contributed by atoms with Gasteiger partial charge in [-0.3, -0.25) is 4.79 Å². The van der Waals surface area contributed by atoms with Crippen LogP contribution in [0.5, 0.6) is 0 Å². The third-order valence-electron chi connectivity index (χ3n) is 2.83. The minimum Gasteiger partial charge on any atom is -0.478 e. The maximum Gasteiger partial charge on any atom is 0.328 e. The van der Waals surface area contributed by atoms with E-state index in [9.17, 15) is 9.59 Å². The lowest BCUT2D eigenvalue weighted by Crippen LogP contribution is -2.25. The van der Waals surface area contributed by atoms with Gasteiger partial charge in [0.05, 0.1) is 5.56 Å². The zero-order valence-corrected chi connectivity index (χ0v) is 12.3. The molecule has 21 heavy (non-hydrogen) atoms. The monoisotopic (exact) mass is 305 g/mol. The first-order valence-electron chi connectivity index (χ1n) is 6.30. The Kier molecular flexibility index (Phi) is 4.89. The lowest BCUT2D eigenvalue weighted by molar-refractivity contribution is -0.131. The molecule has 0 aliphatic heterocycles. The van der Waals surface area contributed by atoms with E-state index in [0.717, 1.165) is 16.8 Å². The summed E-state index contributed by atoms with van der Waals surface area (Å²) in [4.78, 5) is 27.3. The topological polar surface area (TPSA) is 84.2 Å². The van der Waals surface area contributed by atoms with Gasteiger partial charge in [0.2, 0.25) is 0 Å². The van der Waals surface area contributed by atoms with Gasteiger partial charge in [0.25, 0.3) is 5.91 Å². The predicted molar refractivity (Wildman–Crippen MR) is 80.2 cm³/mol. The van der Waals surface area contributed by atoms with Gasteiger partial charge in [-0.05, 0) is 12.1 Å². The van der Waals surface area contributed by atoms with Gasteiger partial charge in [-0.15, -0.1) is 11.3 Å². The average molecular weight is 305 g/mol. The first-order valence-corrected chi connectivity index (χ1v) is 7.18. The van der Waals surface area contributed by atoms with Gasteiger partial charge in [0.15, 0.2) is 0 Å². The van der Waals surface area contributed by atoms with E-state index in [-0.39, 0.29) is 5.91 Å². The highest BCUT2D eigenvalue weighted by molar-refractivity contribution is 7.11. The third kappa shape index (κ3) is 4.28. The van der Waals surface area contributed by atoms with Crippen molar-refractivity contribution < 1.29 is 14.7 Å². The van der Waals surface area contributed by atoms with Gasteiger partial charge in [-0.2, -0.15) is 0 Å². The quantitative estimate of drug-likeness (QED) is 0.793. The number of aryl methyl sites for hydroxylation is 1. The summed E-state index contributed by atoms with van der Waals surface area (Å²) in [7, 11) is 1.91. The van der Waals surface area contributed by atoms with Crippen molar-refractivity contribution in [3.8, 4) is 0 Å². The molecule has 0 atom stereocenters. The van der Waals surface area contributed by atoms with E-state index in [2.05, 4.69) is 10.3 Å². The van der Waals surface area contributed by atoms with Gasteiger partial charge < -0.3 is 15.0 Å². The lowest BCUT2D eigenvalue weighted by atomic mass is 10.2. The number of thiophene rings is 1. The second kappa shape index (κ2) is 6.85. The zero-order chi connectivity index (χ0) is 15.2. The fourth-order valence-electron chi connectivity index (χ4n) is 1.74. The van der Waals surface area contributed by atoms with E-state index in [0.29, 0.717) is 18.5 Å². The van der Waals surface area contributed by atoms with Crippen LogP contribution >= 0.6 is 11.3 Å². The molecule has 2 rings (SSSR count). The molecule has 110 valence electrons. The van der Waals surface area contributed by atoms with E-state index in [1.165, 1.54) is 17.4 Å². The standard InChI is InChI=1S/C14H15N3O3S/c1-17-7-6-15-12(17)4-5-16-14(20)10-8-11(21-9-10)2-3-13(18)19/h2-3,6-9H,4-5H2,1H3,(H,16,20)(H,18,19). The maximum atomic E-state index is 11.9. The van der Waals surface area contributed by atoms with Crippen molar-refractivity contribution in [2.45, 2.75) is 6.42 Å². The van der Waals surface area contributed by atoms with Gasteiger partial charge in [-0.25, -0.2) is 9.78 Å². The van der Waals surface area contributed by atoms with Crippen LogP contribution in [0.3, 0.4) is 0 Å². The molecule has 0 aliphatic carbocycles. The molecular formula is C14H15N3O3S. The summed E-state index contributed by atoms with van der Waals surface area (Å²) in [5.41, 5.74) is 0.532. The number of carbonyl (C=O) groups is 2. The summed E-state index contributed by atoms with van der Waals surface area (Å²) >= 11 is 1.33. The molecule has 0 aromatic carbocycles. The van der Waals surface area contributed by atoms with Crippen molar-refractivity contribution >= 4 is 29.3 Å². The molecule has 2 aromatic heterocycles. The highest BCUT2D eigenvalue weighted by atomic mass is 32.1. The van der Waals surface area contributed by atoms with E-state index < -0.39 is 5.97 Å². The lowest BCUT2D eigenvalue weighted by Gasteiger charge is -2.04. The first-order chi connectivity index (χ1) is 10.1. The van der Waals surface area contributed by atoms with Crippen LogP contribution in [0.15, 0.2) is 29.9 Å². The molecule has 0 aliphatic rings. The van der Waals surface area contributed by atoms with Crippen LogP contribution in [0, 0.1) is 0 Å². The minimum atomic E-state index is -1.01. The average Bonchev–Trinajstić information content (AvgIpc) is 3.06. The van der Waals surface area contributed by atoms with Crippen molar-refractivity contribution in [1.29, 1.82) is 0 Å². The second-order valence-electron chi connectivity index (χ2n) is 4.37. The third-order valence-corrected chi connectivity index (χ3v) is 3.73. The van der Waals surface area contributed by atoms with Crippen molar-refractivity contribution in [3.05, 3.63) is 46.2 Å². The molecule has 2 aromatic rings. The SMILES string of the molecule is Cn1ccnc1CCNC(=O)c1csc(C=CC(=O)O)c1.